The van der Waals surface area contributed by atoms with Gasteiger partial charge in [0.1, 0.15) is 5.82 Å². The molecule has 0 saturated carbocycles. The molecule has 0 aliphatic carbocycles. The molecule has 0 spiro atoms. The predicted octanol–water partition coefficient (Wildman–Crippen LogP) is 3.31. The topological polar surface area (TPSA) is 44.0 Å². The average molecular weight is 276 g/mol. The van der Waals surface area contributed by atoms with Gasteiger partial charge in [-0.15, -0.1) is 0 Å². The lowest BCUT2D eigenvalue weighted by molar-refractivity contribution is 0.614. The molecular weight excluding hydrogens is 255 g/mol. The molecule has 2 rings (SSSR count). The molecule has 0 aliphatic rings. The monoisotopic (exact) mass is 276 g/mol. The zero-order valence-corrected chi connectivity index (χ0v) is 12.4. The Morgan fingerprint density at radius 1 is 1.40 bits per heavy atom. The zero-order valence-electron chi connectivity index (χ0n) is 12.4. The molecule has 1 aromatic heterocycles. The summed E-state index contributed by atoms with van der Waals surface area (Å²) in [4.78, 5) is 9.14. The number of anilines is 2. The van der Waals surface area contributed by atoms with Crippen LogP contribution < -0.4 is 10.2 Å². The first-order valence-corrected chi connectivity index (χ1v) is 6.74. The van der Waals surface area contributed by atoms with E-state index in [4.69, 9.17) is 0 Å². The summed E-state index contributed by atoms with van der Waals surface area (Å²) in [5.74, 6) is -0.218. The molecule has 0 radical (unpaired) electrons. The molecule has 2 N–H and O–H groups in total. The minimum absolute atomic E-state index is 0.218. The van der Waals surface area contributed by atoms with Crippen molar-refractivity contribution >= 4 is 11.4 Å². The fraction of sp³-hybridized carbons (Fsp3) is 0.400. The molecule has 1 heterocycles. The third-order valence-electron chi connectivity index (χ3n) is 3.50. The highest BCUT2D eigenvalue weighted by molar-refractivity contribution is 5.56. The lowest BCUT2D eigenvalue weighted by atomic mass is 10.2. The van der Waals surface area contributed by atoms with Gasteiger partial charge in [0.2, 0.25) is 0 Å². The molecule has 1 aromatic carbocycles. The summed E-state index contributed by atoms with van der Waals surface area (Å²) in [5, 5.41) is 3.18. The average Bonchev–Trinajstić information content (AvgIpc) is 2.81. The van der Waals surface area contributed by atoms with Gasteiger partial charge in [-0.2, -0.15) is 0 Å². The Hall–Kier alpha value is -2.04. The first-order chi connectivity index (χ1) is 9.49. The second-order valence-corrected chi connectivity index (χ2v) is 5.20. The van der Waals surface area contributed by atoms with E-state index in [1.807, 2.05) is 38.8 Å². The van der Waals surface area contributed by atoms with E-state index in [1.54, 1.807) is 12.4 Å². The third-order valence-corrected chi connectivity index (χ3v) is 3.50. The normalized spacial score (nSPS) is 10.9. The molecular formula is C15H21FN4. The number of aryl methyl sites for hydroxylation is 1. The summed E-state index contributed by atoms with van der Waals surface area (Å²) in [7, 11) is 1.89. The molecule has 0 saturated heterocycles. The SMILES string of the molecule is Cc1[nH]cnc1CNc1ccc(N(C)C(C)C)c(F)c1. The molecule has 0 atom stereocenters. The van der Waals surface area contributed by atoms with Crippen molar-refractivity contribution in [2.75, 3.05) is 17.3 Å². The molecule has 4 nitrogen and oxygen atoms in total. The second-order valence-electron chi connectivity index (χ2n) is 5.20. The molecule has 0 unspecified atom stereocenters. The molecule has 0 aliphatic heterocycles. The van der Waals surface area contributed by atoms with Crippen LogP contribution in [0.4, 0.5) is 15.8 Å². The van der Waals surface area contributed by atoms with Gasteiger partial charge in [-0.1, -0.05) is 0 Å². The Morgan fingerprint density at radius 3 is 2.70 bits per heavy atom. The fourth-order valence-corrected chi connectivity index (χ4v) is 1.93. The van der Waals surface area contributed by atoms with Crippen LogP contribution in [0.5, 0.6) is 0 Å². The summed E-state index contributed by atoms with van der Waals surface area (Å²) in [6.45, 7) is 6.61. The van der Waals surface area contributed by atoms with E-state index >= 15 is 0 Å². The number of aromatic amines is 1. The Bertz CT molecular complexity index is 577. The molecule has 5 heteroatoms. The maximum absolute atomic E-state index is 14.1. The van der Waals surface area contributed by atoms with Gasteiger partial charge in [0, 0.05) is 24.5 Å². The van der Waals surface area contributed by atoms with Crippen LogP contribution in [0.3, 0.4) is 0 Å². The van der Waals surface area contributed by atoms with Crippen LogP contribution in [0.25, 0.3) is 0 Å². The fourth-order valence-electron chi connectivity index (χ4n) is 1.93. The number of nitrogens with zero attached hydrogens (tertiary/aromatic N) is 2. The molecule has 0 fully saturated rings. The Labute approximate surface area is 119 Å². The van der Waals surface area contributed by atoms with E-state index in [-0.39, 0.29) is 11.9 Å². The summed E-state index contributed by atoms with van der Waals surface area (Å²) in [6, 6.07) is 5.47. The number of H-pyrrole nitrogens is 1. The number of benzene rings is 1. The number of hydrogen-bond donors (Lipinski definition) is 2. The second kappa shape index (κ2) is 5.94. The van der Waals surface area contributed by atoms with Crippen LogP contribution in [-0.2, 0) is 6.54 Å². The Balaban J connectivity index is 2.07. The van der Waals surface area contributed by atoms with Gasteiger partial charge in [-0.05, 0) is 39.0 Å². The van der Waals surface area contributed by atoms with E-state index in [1.165, 1.54) is 6.07 Å². The minimum atomic E-state index is -0.218. The molecule has 0 amide bonds. The lowest BCUT2D eigenvalue weighted by Gasteiger charge is -2.24. The molecule has 108 valence electrons. The summed E-state index contributed by atoms with van der Waals surface area (Å²) >= 11 is 0. The van der Waals surface area contributed by atoms with Crippen LogP contribution in [-0.4, -0.2) is 23.1 Å². The highest BCUT2D eigenvalue weighted by Crippen LogP contribution is 2.23. The van der Waals surface area contributed by atoms with Gasteiger partial charge >= 0.3 is 0 Å². The maximum Gasteiger partial charge on any atom is 0.148 e. The largest absolute Gasteiger partial charge is 0.379 e. The number of nitrogens with one attached hydrogen (secondary N) is 2. The van der Waals surface area contributed by atoms with E-state index < -0.39 is 0 Å². The highest BCUT2D eigenvalue weighted by atomic mass is 19.1. The smallest absolute Gasteiger partial charge is 0.148 e. The highest BCUT2D eigenvalue weighted by Gasteiger charge is 2.11. The number of rotatable bonds is 5. The molecule has 2 aromatic rings. The van der Waals surface area contributed by atoms with Crippen molar-refractivity contribution in [3.05, 3.63) is 41.7 Å². The first kappa shape index (κ1) is 14.4. The number of halogens is 1. The van der Waals surface area contributed by atoms with Gasteiger partial charge < -0.3 is 15.2 Å². The number of hydrogen-bond acceptors (Lipinski definition) is 3. The van der Waals surface area contributed by atoms with Gasteiger partial charge in [0.05, 0.1) is 24.3 Å². The van der Waals surface area contributed by atoms with Crippen molar-refractivity contribution in [2.45, 2.75) is 33.4 Å². The Kier molecular flexibility index (Phi) is 4.27. The quantitative estimate of drug-likeness (QED) is 0.880. The minimum Gasteiger partial charge on any atom is -0.379 e. The van der Waals surface area contributed by atoms with Crippen molar-refractivity contribution in [1.29, 1.82) is 0 Å². The van der Waals surface area contributed by atoms with Crippen molar-refractivity contribution in [3.63, 3.8) is 0 Å². The van der Waals surface area contributed by atoms with Crippen molar-refractivity contribution in [2.24, 2.45) is 0 Å². The zero-order chi connectivity index (χ0) is 14.7. The molecule has 20 heavy (non-hydrogen) atoms. The van der Waals surface area contributed by atoms with E-state index in [0.29, 0.717) is 12.2 Å². The van der Waals surface area contributed by atoms with Crippen LogP contribution in [0.15, 0.2) is 24.5 Å². The summed E-state index contributed by atoms with van der Waals surface area (Å²) < 4.78 is 14.1. The van der Waals surface area contributed by atoms with Crippen LogP contribution in [0, 0.1) is 12.7 Å². The maximum atomic E-state index is 14.1. The van der Waals surface area contributed by atoms with Gasteiger partial charge in [0.15, 0.2) is 0 Å². The summed E-state index contributed by atoms with van der Waals surface area (Å²) in [5.41, 5.74) is 3.33. The van der Waals surface area contributed by atoms with Crippen LogP contribution >= 0.6 is 0 Å². The van der Waals surface area contributed by atoms with E-state index in [2.05, 4.69) is 15.3 Å². The van der Waals surface area contributed by atoms with Crippen molar-refractivity contribution < 1.29 is 4.39 Å². The first-order valence-electron chi connectivity index (χ1n) is 6.74. The van der Waals surface area contributed by atoms with Crippen molar-refractivity contribution in [1.82, 2.24) is 9.97 Å². The Morgan fingerprint density at radius 2 is 2.15 bits per heavy atom. The van der Waals surface area contributed by atoms with Crippen LogP contribution in [0.2, 0.25) is 0 Å². The van der Waals surface area contributed by atoms with E-state index in [0.717, 1.165) is 17.1 Å². The number of aromatic nitrogens is 2. The van der Waals surface area contributed by atoms with Gasteiger partial charge in [-0.25, -0.2) is 9.37 Å². The molecule has 0 bridgehead atoms. The van der Waals surface area contributed by atoms with Crippen LogP contribution in [0.1, 0.15) is 25.2 Å². The summed E-state index contributed by atoms with van der Waals surface area (Å²) in [6.07, 6.45) is 1.66. The standard InChI is InChI=1S/C15H21FN4/c1-10(2)20(4)15-6-5-12(7-13(15)16)17-8-14-11(3)18-9-19-14/h5-7,9-10,17H,8H2,1-4H3,(H,18,19). The third kappa shape index (κ3) is 3.10. The van der Waals surface area contributed by atoms with Crippen molar-refractivity contribution in [3.8, 4) is 0 Å². The predicted molar refractivity (Wildman–Crippen MR) is 80.6 cm³/mol. The number of imidazole rings is 1. The lowest BCUT2D eigenvalue weighted by Crippen LogP contribution is -2.26. The van der Waals surface area contributed by atoms with Gasteiger partial charge in [-0.3, -0.25) is 0 Å². The van der Waals surface area contributed by atoms with E-state index in [9.17, 15) is 4.39 Å². The van der Waals surface area contributed by atoms with Gasteiger partial charge in [0.25, 0.3) is 0 Å².